The summed E-state index contributed by atoms with van der Waals surface area (Å²) in [6.07, 6.45) is 0. The molecule has 2 N–H and O–H groups in total. The number of carbonyl (C=O) groups excluding carboxylic acids is 3. The number of hydrogen-bond donors (Lipinski definition) is 2. The molecule has 0 radical (unpaired) electrons. The summed E-state index contributed by atoms with van der Waals surface area (Å²) in [6, 6.07) is -0.606. The fraction of sp³-hybridized carbons (Fsp3) is 0.400. The lowest BCUT2D eigenvalue weighted by molar-refractivity contribution is -0.146. The van der Waals surface area contributed by atoms with Crippen LogP contribution in [0, 0.1) is 0 Å². The maximum Gasteiger partial charge on any atom is 0.315 e. The fourth-order valence-electron chi connectivity index (χ4n) is 0.605. The molecule has 10 heavy (non-hydrogen) atoms. The predicted molar refractivity (Wildman–Crippen MR) is 30.8 cm³/mol. The van der Waals surface area contributed by atoms with Crippen LogP contribution in [-0.2, 0) is 14.4 Å². The van der Waals surface area contributed by atoms with Crippen LogP contribution in [0.1, 0.15) is 6.92 Å². The summed E-state index contributed by atoms with van der Waals surface area (Å²) in [7, 11) is 0. The first kappa shape index (κ1) is 6.73. The van der Waals surface area contributed by atoms with E-state index < -0.39 is 23.8 Å². The topological polar surface area (TPSA) is 75.3 Å². The maximum atomic E-state index is 10.6. The van der Waals surface area contributed by atoms with Crippen molar-refractivity contribution in [3.8, 4) is 0 Å². The lowest BCUT2D eigenvalue weighted by Crippen LogP contribution is -2.58. The van der Waals surface area contributed by atoms with Gasteiger partial charge in [-0.1, -0.05) is 0 Å². The van der Waals surface area contributed by atoms with Gasteiger partial charge in [-0.25, -0.2) is 0 Å². The number of imide groups is 1. The average molecular weight is 142 g/mol. The zero-order chi connectivity index (χ0) is 7.72. The smallest absolute Gasteiger partial charge is 0.315 e. The molecule has 1 aliphatic heterocycles. The highest BCUT2D eigenvalue weighted by Gasteiger charge is 2.28. The Balaban J connectivity index is 2.72. The van der Waals surface area contributed by atoms with E-state index >= 15 is 0 Å². The van der Waals surface area contributed by atoms with E-state index in [9.17, 15) is 14.4 Å². The Morgan fingerprint density at radius 1 is 1.20 bits per heavy atom. The van der Waals surface area contributed by atoms with Crippen molar-refractivity contribution in [1.29, 1.82) is 0 Å². The van der Waals surface area contributed by atoms with Crippen molar-refractivity contribution in [2.24, 2.45) is 0 Å². The number of carbonyl (C=O) groups is 3. The summed E-state index contributed by atoms with van der Waals surface area (Å²) in [4.78, 5) is 31.5. The molecule has 1 heterocycles. The van der Waals surface area contributed by atoms with Gasteiger partial charge in [-0.3, -0.25) is 19.7 Å². The lowest BCUT2D eigenvalue weighted by atomic mass is 10.2. The minimum Gasteiger partial charge on any atom is -0.336 e. The van der Waals surface area contributed by atoms with Crippen LogP contribution in [0.4, 0.5) is 0 Å². The molecule has 1 aliphatic rings. The minimum atomic E-state index is -0.886. The van der Waals surface area contributed by atoms with Gasteiger partial charge in [0.25, 0.3) is 0 Å². The summed E-state index contributed by atoms with van der Waals surface area (Å²) in [6.45, 7) is 1.50. The molecule has 1 rings (SSSR count). The van der Waals surface area contributed by atoms with Gasteiger partial charge >= 0.3 is 11.8 Å². The zero-order valence-corrected chi connectivity index (χ0v) is 5.30. The number of amides is 3. The average Bonchev–Trinajstić information content (AvgIpc) is 1.84. The highest BCUT2D eigenvalue weighted by atomic mass is 16.2. The van der Waals surface area contributed by atoms with Crippen LogP contribution >= 0.6 is 0 Å². The van der Waals surface area contributed by atoms with Gasteiger partial charge in [0.05, 0.1) is 0 Å². The number of piperazine rings is 1. The minimum absolute atomic E-state index is 0.468. The molecule has 0 saturated carbocycles. The first-order valence-electron chi connectivity index (χ1n) is 2.77. The summed E-state index contributed by atoms with van der Waals surface area (Å²) < 4.78 is 0. The second kappa shape index (κ2) is 2.09. The predicted octanol–water partition coefficient (Wildman–Crippen LogP) is -1.85. The van der Waals surface area contributed by atoms with Gasteiger partial charge in [-0.2, -0.15) is 0 Å². The summed E-state index contributed by atoms with van der Waals surface area (Å²) >= 11 is 0. The Morgan fingerprint density at radius 2 is 1.80 bits per heavy atom. The SMILES string of the molecule is CC1NC(=O)C(=O)NC1=O. The Hall–Kier alpha value is -1.39. The van der Waals surface area contributed by atoms with Crippen LogP contribution in [0.5, 0.6) is 0 Å². The fourth-order valence-corrected chi connectivity index (χ4v) is 0.605. The molecule has 54 valence electrons. The third-order valence-corrected chi connectivity index (χ3v) is 1.18. The molecule has 1 saturated heterocycles. The van der Waals surface area contributed by atoms with E-state index in [1.165, 1.54) is 6.92 Å². The molecule has 3 amide bonds. The van der Waals surface area contributed by atoms with Gasteiger partial charge < -0.3 is 5.32 Å². The van der Waals surface area contributed by atoms with Crippen molar-refractivity contribution in [3.05, 3.63) is 0 Å². The normalized spacial score (nSPS) is 25.7. The first-order valence-corrected chi connectivity index (χ1v) is 2.77. The van der Waals surface area contributed by atoms with Crippen molar-refractivity contribution >= 4 is 17.7 Å². The monoisotopic (exact) mass is 142 g/mol. The van der Waals surface area contributed by atoms with Crippen molar-refractivity contribution in [2.45, 2.75) is 13.0 Å². The molecule has 0 aromatic rings. The molecule has 1 fully saturated rings. The number of nitrogens with one attached hydrogen (secondary N) is 2. The maximum absolute atomic E-state index is 10.6. The van der Waals surface area contributed by atoms with Crippen LogP contribution in [0.3, 0.4) is 0 Å². The van der Waals surface area contributed by atoms with Crippen LogP contribution in [0.15, 0.2) is 0 Å². The Bertz CT molecular complexity index is 211. The molecule has 5 nitrogen and oxygen atoms in total. The first-order chi connectivity index (χ1) is 4.61. The van der Waals surface area contributed by atoms with Gasteiger partial charge in [0.15, 0.2) is 0 Å². The van der Waals surface area contributed by atoms with E-state index in [4.69, 9.17) is 0 Å². The van der Waals surface area contributed by atoms with Crippen LogP contribution < -0.4 is 10.6 Å². The van der Waals surface area contributed by atoms with E-state index in [1.807, 2.05) is 5.32 Å². The van der Waals surface area contributed by atoms with E-state index in [0.717, 1.165) is 0 Å². The summed E-state index contributed by atoms with van der Waals surface area (Å²) in [5, 5.41) is 4.07. The zero-order valence-electron chi connectivity index (χ0n) is 5.30. The molecule has 1 atom stereocenters. The molecule has 5 heteroatoms. The van der Waals surface area contributed by atoms with Crippen molar-refractivity contribution in [1.82, 2.24) is 10.6 Å². The van der Waals surface area contributed by atoms with E-state index in [-0.39, 0.29) is 0 Å². The van der Waals surface area contributed by atoms with Crippen molar-refractivity contribution in [3.63, 3.8) is 0 Å². The van der Waals surface area contributed by atoms with Crippen molar-refractivity contribution < 1.29 is 14.4 Å². The van der Waals surface area contributed by atoms with Crippen LogP contribution in [-0.4, -0.2) is 23.8 Å². The van der Waals surface area contributed by atoms with Gasteiger partial charge in [0.2, 0.25) is 5.91 Å². The van der Waals surface area contributed by atoms with Crippen molar-refractivity contribution in [2.75, 3.05) is 0 Å². The Morgan fingerprint density at radius 3 is 2.30 bits per heavy atom. The quantitative estimate of drug-likeness (QED) is 0.308. The second-order valence-electron chi connectivity index (χ2n) is 2.01. The third kappa shape index (κ3) is 0.975. The summed E-state index contributed by atoms with van der Waals surface area (Å²) in [5.41, 5.74) is 0. The highest BCUT2D eigenvalue weighted by Crippen LogP contribution is 1.88. The lowest BCUT2D eigenvalue weighted by Gasteiger charge is -2.17. The van der Waals surface area contributed by atoms with Gasteiger partial charge in [0.1, 0.15) is 6.04 Å². The van der Waals surface area contributed by atoms with Gasteiger partial charge in [-0.15, -0.1) is 0 Å². The molecule has 0 aromatic heterocycles. The van der Waals surface area contributed by atoms with Gasteiger partial charge in [0, 0.05) is 0 Å². The summed E-state index contributed by atoms with van der Waals surface area (Å²) in [5.74, 6) is -2.11. The number of rotatable bonds is 0. The highest BCUT2D eigenvalue weighted by molar-refractivity contribution is 6.40. The molecule has 1 unspecified atom stereocenters. The molecule has 0 spiro atoms. The standard InChI is InChI=1S/C5H6N2O3/c1-2-3(8)7-5(10)4(9)6-2/h2H,1H3,(H,6,9)(H,7,8,10). The van der Waals surface area contributed by atoms with E-state index in [2.05, 4.69) is 5.32 Å². The Kier molecular flexibility index (Phi) is 1.41. The molecule has 0 bridgehead atoms. The van der Waals surface area contributed by atoms with Crippen LogP contribution in [0.2, 0.25) is 0 Å². The number of hydrogen-bond acceptors (Lipinski definition) is 3. The second-order valence-corrected chi connectivity index (χ2v) is 2.01. The molecule has 0 aliphatic carbocycles. The molecule has 0 aromatic carbocycles. The van der Waals surface area contributed by atoms with E-state index in [1.54, 1.807) is 0 Å². The van der Waals surface area contributed by atoms with E-state index in [0.29, 0.717) is 0 Å². The van der Waals surface area contributed by atoms with Crippen LogP contribution in [0.25, 0.3) is 0 Å². The third-order valence-electron chi connectivity index (χ3n) is 1.18. The van der Waals surface area contributed by atoms with Gasteiger partial charge in [-0.05, 0) is 6.92 Å². The Labute approximate surface area is 56.8 Å². The molecular weight excluding hydrogens is 136 g/mol. The largest absolute Gasteiger partial charge is 0.336 e. The molecular formula is C5H6N2O3.